The summed E-state index contributed by atoms with van der Waals surface area (Å²) in [6, 6.07) is 6.33. The van der Waals surface area contributed by atoms with Crippen LogP contribution in [0.5, 0.6) is 0 Å². The first-order chi connectivity index (χ1) is 7.83. The molecule has 1 aromatic carbocycles. The molecule has 1 fully saturated rings. The van der Waals surface area contributed by atoms with Crippen LogP contribution in [0.15, 0.2) is 18.2 Å². The minimum Gasteiger partial charge on any atom is -0.245 e. The van der Waals surface area contributed by atoms with E-state index in [0.29, 0.717) is 0 Å². The lowest BCUT2D eigenvalue weighted by atomic mass is 9.83. The fraction of sp³-hybridized carbons (Fsp3) is 0.500. The molecule has 0 N–H and O–H groups in total. The monoisotopic (exact) mass is 327 g/mol. The number of halogens is 1. The minimum atomic E-state index is 0.933. The molecule has 3 rings (SSSR count). The van der Waals surface area contributed by atoms with Crippen molar-refractivity contribution in [2.75, 3.05) is 0 Å². The van der Waals surface area contributed by atoms with Crippen molar-refractivity contribution in [3.63, 3.8) is 0 Å². The van der Waals surface area contributed by atoms with Gasteiger partial charge in [0.15, 0.2) is 0 Å². The van der Waals surface area contributed by atoms with E-state index < -0.39 is 0 Å². The normalized spacial score (nSPS) is 16.6. The van der Waals surface area contributed by atoms with Gasteiger partial charge in [0.25, 0.3) is 0 Å². The fourth-order valence-electron chi connectivity index (χ4n) is 2.20. The molecule has 1 aliphatic carbocycles. The van der Waals surface area contributed by atoms with Crippen LogP contribution in [0.2, 0.25) is 0 Å². The first kappa shape index (κ1) is 10.5. The quantitative estimate of drug-likeness (QED) is 0.811. The summed E-state index contributed by atoms with van der Waals surface area (Å²) in [5.41, 5.74) is 2.18. The third kappa shape index (κ3) is 1.95. The van der Waals surface area contributed by atoms with Crippen LogP contribution in [0.1, 0.15) is 25.7 Å². The largest absolute Gasteiger partial charge is 0.245 e. The molecule has 3 nitrogen and oxygen atoms in total. The molecule has 0 unspecified atom stereocenters. The second kappa shape index (κ2) is 4.31. The van der Waals surface area contributed by atoms with Gasteiger partial charge in [-0.1, -0.05) is 24.5 Å². The Kier molecular flexibility index (Phi) is 2.83. The zero-order chi connectivity index (χ0) is 11.0. The third-order valence-electron chi connectivity index (χ3n) is 3.45. The first-order valence-electron chi connectivity index (χ1n) is 5.82. The van der Waals surface area contributed by atoms with Gasteiger partial charge in [-0.2, -0.15) is 0 Å². The van der Waals surface area contributed by atoms with Gasteiger partial charge in [0.05, 0.1) is 5.52 Å². The maximum atomic E-state index is 4.23. The maximum absolute atomic E-state index is 4.23. The molecule has 1 aliphatic rings. The highest BCUT2D eigenvalue weighted by Crippen LogP contribution is 2.30. The Balaban J connectivity index is 1.80. The van der Waals surface area contributed by atoms with E-state index in [0.717, 1.165) is 18.0 Å². The lowest BCUT2D eigenvalue weighted by molar-refractivity contribution is 0.278. The summed E-state index contributed by atoms with van der Waals surface area (Å²) in [6.07, 6.45) is 5.49. The third-order valence-corrected chi connectivity index (χ3v) is 4.12. The van der Waals surface area contributed by atoms with Gasteiger partial charge in [-0.25, -0.2) is 4.68 Å². The molecule has 0 aliphatic heterocycles. The average molecular weight is 327 g/mol. The molecule has 0 saturated heterocycles. The zero-order valence-corrected chi connectivity index (χ0v) is 11.2. The van der Waals surface area contributed by atoms with Gasteiger partial charge in [-0.05, 0) is 53.1 Å². The van der Waals surface area contributed by atoms with Crippen molar-refractivity contribution in [2.24, 2.45) is 5.92 Å². The van der Waals surface area contributed by atoms with Crippen molar-refractivity contribution in [1.82, 2.24) is 15.0 Å². The van der Waals surface area contributed by atoms with Gasteiger partial charge in [-0.15, -0.1) is 5.10 Å². The second-order valence-electron chi connectivity index (χ2n) is 4.53. The standard InChI is InChI=1S/C12H14IN3/c13-10-4-5-12-11(8-10)14-15-16(12)7-6-9-2-1-3-9/h4-5,8-9H,1-3,6-7H2. The van der Waals surface area contributed by atoms with Crippen LogP contribution in [0.25, 0.3) is 11.0 Å². The molecule has 16 heavy (non-hydrogen) atoms. The number of rotatable bonds is 3. The number of aryl methyl sites for hydroxylation is 1. The van der Waals surface area contributed by atoms with E-state index in [9.17, 15) is 0 Å². The number of hydrogen-bond acceptors (Lipinski definition) is 2. The predicted octanol–water partition coefficient (Wildman–Crippen LogP) is 3.23. The summed E-state index contributed by atoms with van der Waals surface area (Å²) in [5.74, 6) is 0.933. The molecular weight excluding hydrogens is 313 g/mol. The maximum Gasteiger partial charge on any atom is 0.114 e. The van der Waals surface area contributed by atoms with Gasteiger partial charge in [0.1, 0.15) is 5.52 Å². The van der Waals surface area contributed by atoms with Crippen LogP contribution in [0, 0.1) is 9.49 Å². The molecule has 0 atom stereocenters. The Bertz CT molecular complexity index is 502. The van der Waals surface area contributed by atoms with Crippen LogP contribution in [0.3, 0.4) is 0 Å². The van der Waals surface area contributed by atoms with E-state index in [-0.39, 0.29) is 0 Å². The van der Waals surface area contributed by atoms with Crippen molar-refractivity contribution in [3.8, 4) is 0 Å². The fourth-order valence-corrected chi connectivity index (χ4v) is 2.67. The molecular formula is C12H14IN3. The average Bonchev–Trinajstić information content (AvgIpc) is 2.58. The molecule has 0 radical (unpaired) electrons. The Morgan fingerprint density at radius 3 is 3.00 bits per heavy atom. The van der Waals surface area contributed by atoms with E-state index in [1.807, 2.05) is 4.68 Å². The van der Waals surface area contributed by atoms with Crippen molar-refractivity contribution in [3.05, 3.63) is 21.8 Å². The zero-order valence-electron chi connectivity index (χ0n) is 9.06. The summed E-state index contributed by atoms with van der Waals surface area (Å²) < 4.78 is 3.26. The molecule has 84 valence electrons. The van der Waals surface area contributed by atoms with Crippen molar-refractivity contribution in [1.29, 1.82) is 0 Å². The summed E-state index contributed by atoms with van der Waals surface area (Å²) in [5, 5.41) is 8.44. The second-order valence-corrected chi connectivity index (χ2v) is 5.78. The van der Waals surface area contributed by atoms with Crippen LogP contribution in [0.4, 0.5) is 0 Å². The lowest BCUT2D eigenvalue weighted by Crippen LogP contribution is -2.14. The summed E-state index contributed by atoms with van der Waals surface area (Å²) in [6.45, 7) is 1.02. The van der Waals surface area contributed by atoms with Gasteiger partial charge in [0.2, 0.25) is 0 Å². The van der Waals surface area contributed by atoms with Crippen molar-refractivity contribution >= 4 is 33.6 Å². The smallest absolute Gasteiger partial charge is 0.114 e. The number of hydrogen-bond donors (Lipinski definition) is 0. The highest BCUT2D eigenvalue weighted by Gasteiger charge is 2.17. The number of aromatic nitrogens is 3. The Hall–Kier alpha value is -0.650. The van der Waals surface area contributed by atoms with Crippen molar-refractivity contribution in [2.45, 2.75) is 32.2 Å². The summed E-state index contributed by atoms with van der Waals surface area (Å²) in [4.78, 5) is 0. The minimum absolute atomic E-state index is 0.933. The Morgan fingerprint density at radius 2 is 2.25 bits per heavy atom. The van der Waals surface area contributed by atoms with Crippen LogP contribution >= 0.6 is 22.6 Å². The Morgan fingerprint density at radius 1 is 1.38 bits per heavy atom. The van der Waals surface area contributed by atoms with Crippen LogP contribution in [-0.4, -0.2) is 15.0 Å². The number of nitrogens with zero attached hydrogens (tertiary/aromatic N) is 3. The van der Waals surface area contributed by atoms with Gasteiger partial charge in [-0.3, -0.25) is 0 Å². The lowest BCUT2D eigenvalue weighted by Gasteiger charge is -2.24. The van der Waals surface area contributed by atoms with Gasteiger partial charge in [0, 0.05) is 10.1 Å². The summed E-state index contributed by atoms with van der Waals surface area (Å²) in [7, 11) is 0. The van der Waals surface area contributed by atoms with Gasteiger partial charge >= 0.3 is 0 Å². The molecule has 0 bridgehead atoms. The Labute approximate surface area is 108 Å². The molecule has 0 amide bonds. The van der Waals surface area contributed by atoms with E-state index >= 15 is 0 Å². The van der Waals surface area contributed by atoms with E-state index in [4.69, 9.17) is 0 Å². The number of benzene rings is 1. The molecule has 1 aromatic heterocycles. The molecule has 1 heterocycles. The van der Waals surface area contributed by atoms with E-state index in [2.05, 4.69) is 51.1 Å². The molecule has 1 saturated carbocycles. The van der Waals surface area contributed by atoms with Crippen LogP contribution < -0.4 is 0 Å². The SMILES string of the molecule is Ic1ccc2c(c1)nnn2CCC1CCC1. The first-order valence-corrected chi connectivity index (χ1v) is 6.89. The molecule has 0 spiro atoms. The topological polar surface area (TPSA) is 30.7 Å². The van der Waals surface area contributed by atoms with E-state index in [1.165, 1.54) is 34.8 Å². The highest BCUT2D eigenvalue weighted by molar-refractivity contribution is 14.1. The molecule has 2 aromatic rings. The van der Waals surface area contributed by atoms with Crippen LogP contribution in [-0.2, 0) is 6.54 Å². The predicted molar refractivity (Wildman–Crippen MR) is 72.2 cm³/mol. The number of fused-ring (bicyclic) bond motifs is 1. The highest BCUT2D eigenvalue weighted by atomic mass is 127. The summed E-state index contributed by atoms with van der Waals surface area (Å²) >= 11 is 2.31. The van der Waals surface area contributed by atoms with E-state index in [1.54, 1.807) is 0 Å². The van der Waals surface area contributed by atoms with Gasteiger partial charge < -0.3 is 0 Å². The molecule has 4 heteroatoms. The van der Waals surface area contributed by atoms with Crippen molar-refractivity contribution < 1.29 is 0 Å².